The van der Waals surface area contributed by atoms with Crippen molar-refractivity contribution in [2.75, 3.05) is 32.9 Å². The predicted molar refractivity (Wildman–Crippen MR) is 141 cm³/mol. The maximum atomic E-state index is 13.2. The Bertz CT molecular complexity index is 1450. The minimum Gasteiger partial charge on any atom is -0.364 e. The van der Waals surface area contributed by atoms with Crippen molar-refractivity contribution >= 4 is 16.7 Å². The molecule has 8 heteroatoms. The van der Waals surface area contributed by atoms with Gasteiger partial charge in [-0.25, -0.2) is 4.39 Å². The summed E-state index contributed by atoms with van der Waals surface area (Å²) in [6.45, 7) is 4.81. The van der Waals surface area contributed by atoms with Crippen molar-refractivity contribution in [2.24, 2.45) is 5.92 Å². The van der Waals surface area contributed by atoms with E-state index in [9.17, 15) is 14.0 Å². The summed E-state index contributed by atoms with van der Waals surface area (Å²) >= 11 is 0. The standard InChI is InChI=1S/C29H31FN4O3/c1-20-27(19-37-32-20)23-5-6-26-24(16-23)9-13-34(29(26)36)18-22-3-2-4-25(15-22)28(35)31-17-21-7-11-33(12-8-21)14-10-30/h2-6,9,13,15-16,19,21H,7-8,10-12,14,17-18H2,1H3,(H,31,35). The van der Waals surface area contributed by atoms with E-state index >= 15 is 0 Å². The molecule has 0 unspecified atom stereocenters. The van der Waals surface area contributed by atoms with Crippen molar-refractivity contribution < 1.29 is 13.7 Å². The van der Waals surface area contributed by atoms with Crippen molar-refractivity contribution in [3.63, 3.8) is 0 Å². The van der Waals surface area contributed by atoms with E-state index in [1.54, 1.807) is 23.1 Å². The van der Waals surface area contributed by atoms with Crippen LogP contribution in [-0.4, -0.2) is 53.4 Å². The van der Waals surface area contributed by atoms with Crippen LogP contribution in [0.15, 0.2) is 70.3 Å². The molecular formula is C29H31FN4O3. The summed E-state index contributed by atoms with van der Waals surface area (Å²) in [4.78, 5) is 28.1. The number of hydrogen-bond acceptors (Lipinski definition) is 5. The summed E-state index contributed by atoms with van der Waals surface area (Å²) in [6.07, 6.45) is 5.33. The van der Waals surface area contributed by atoms with Gasteiger partial charge in [0.2, 0.25) is 0 Å². The Morgan fingerprint density at radius 3 is 2.76 bits per heavy atom. The van der Waals surface area contributed by atoms with Crippen molar-refractivity contribution in [3.8, 4) is 11.1 Å². The van der Waals surface area contributed by atoms with E-state index in [1.165, 1.54) is 0 Å². The van der Waals surface area contributed by atoms with E-state index < -0.39 is 0 Å². The lowest BCUT2D eigenvalue weighted by Gasteiger charge is -2.31. The largest absolute Gasteiger partial charge is 0.364 e. The highest BCUT2D eigenvalue weighted by molar-refractivity contribution is 5.94. The number of fused-ring (bicyclic) bond motifs is 1. The first-order chi connectivity index (χ1) is 18.0. The van der Waals surface area contributed by atoms with Crippen LogP contribution in [0, 0.1) is 12.8 Å². The van der Waals surface area contributed by atoms with Gasteiger partial charge in [-0.05, 0) is 85.6 Å². The van der Waals surface area contributed by atoms with Gasteiger partial charge in [0.15, 0.2) is 0 Å². The lowest BCUT2D eigenvalue weighted by Crippen LogP contribution is -2.39. The van der Waals surface area contributed by atoms with Gasteiger partial charge in [-0.15, -0.1) is 0 Å². The monoisotopic (exact) mass is 502 g/mol. The Labute approximate surface area is 214 Å². The van der Waals surface area contributed by atoms with Gasteiger partial charge in [-0.3, -0.25) is 9.59 Å². The number of likely N-dealkylation sites (tertiary alicyclic amines) is 1. The first-order valence-corrected chi connectivity index (χ1v) is 12.7. The molecular weight excluding hydrogens is 471 g/mol. The molecule has 0 aliphatic carbocycles. The second kappa shape index (κ2) is 11.1. The number of aryl methyl sites for hydroxylation is 1. The number of nitrogens with one attached hydrogen (secondary N) is 1. The molecule has 5 rings (SSSR count). The van der Waals surface area contributed by atoms with Crippen LogP contribution in [0.3, 0.4) is 0 Å². The topological polar surface area (TPSA) is 80.4 Å². The number of hydrogen-bond donors (Lipinski definition) is 1. The molecule has 1 aliphatic rings. The number of aromatic nitrogens is 2. The van der Waals surface area contributed by atoms with E-state index in [1.807, 2.05) is 49.4 Å². The fraction of sp³-hybridized carbons (Fsp3) is 0.345. The number of halogens is 1. The smallest absolute Gasteiger partial charge is 0.258 e. The summed E-state index contributed by atoms with van der Waals surface area (Å²) in [6, 6.07) is 15.0. The number of amides is 1. The van der Waals surface area contributed by atoms with Crippen LogP contribution in [0.4, 0.5) is 4.39 Å². The number of carbonyl (C=O) groups excluding carboxylic acids is 1. The molecule has 0 spiro atoms. The van der Waals surface area contributed by atoms with E-state index in [0.29, 0.717) is 36.5 Å². The van der Waals surface area contributed by atoms with Gasteiger partial charge in [0.05, 0.1) is 12.2 Å². The maximum absolute atomic E-state index is 13.2. The molecule has 1 saturated heterocycles. The molecule has 3 heterocycles. The van der Waals surface area contributed by atoms with Gasteiger partial charge in [0.25, 0.3) is 11.5 Å². The van der Waals surface area contributed by atoms with Crippen molar-refractivity contribution in [1.82, 2.24) is 19.9 Å². The fourth-order valence-electron chi connectivity index (χ4n) is 5.03. The second-order valence-corrected chi connectivity index (χ2v) is 9.75. The molecule has 7 nitrogen and oxygen atoms in total. The Kier molecular flexibility index (Phi) is 7.46. The highest BCUT2D eigenvalue weighted by atomic mass is 19.1. The molecule has 0 radical (unpaired) electrons. The highest BCUT2D eigenvalue weighted by Gasteiger charge is 2.19. The van der Waals surface area contributed by atoms with E-state index in [-0.39, 0.29) is 18.1 Å². The number of pyridine rings is 1. The average molecular weight is 503 g/mol. The lowest BCUT2D eigenvalue weighted by molar-refractivity contribution is 0.0935. The van der Waals surface area contributed by atoms with Crippen molar-refractivity contribution in [2.45, 2.75) is 26.3 Å². The second-order valence-electron chi connectivity index (χ2n) is 9.75. The summed E-state index contributed by atoms with van der Waals surface area (Å²) in [5, 5.41) is 8.47. The Morgan fingerprint density at radius 1 is 1.16 bits per heavy atom. The van der Waals surface area contributed by atoms with Crippen molar-refractivity contribution in [3.05, 3.63) is 88.2 Å². The van der Waals surface area contributed by atoms with Crippen LogP contribution >= 0.6 is 0 Å². The summed E-state index contributed by atoms with van der Waals surface area (Å²) < 4.78 is 19.2. The Balaban J connectivity index is 1.25. The molecule has 37 heavy (non-hydrogen) atoms. The number of rotatable bonds is 8. The zero-order valence-corrected chi connectivity index (χ0v) is 21.0. The minimum atomic E-state index is -0.312. The van der Waals surface area contributed by atoms with Gasteiger partial charge >= 0.3 is 0 Å². The molecule has 0 atom stereocenters. The van der Waals surface area contributed by atoms with Gasteiger partial charge in [0, 0.05) is 35.8 Å². The molecule has 1 amide bonds. The molecule has 4 aromatic rings. The van der Waals surface area contributed by atoms with E-state index in [0.717, 1.165) is 53.7 Å². The maximum Gasteiger partial charge on any atom is 0.258 e. The van der Waals surface area contributed by atoms with Crippen molar-refractivity contribution in [1.29, 1.82) is 0 Å². The molecule has 2 aromatic heterocycles. The predicted octanol–water partition coefficient (Wildman–Crippen LogP) is 4.42. The first-order valence-electron chi connectivity index (χ1n) is 12.7. The van der Waals surface area contributed by atoms with Crippen LogP contribution in [0.1, 0.15) is 34.5 Å². The third-order valence-corrected chi connectivity index (χ3v) is 7.24. The Morgan fingerprint density at radius 2 is 2.00 bits per heavy atom. The Hall–Kier alpha value is -3.78. The zero-order valence-electron chi connectivity index (χ0n) is 21.0. The van der Waals surface area contributed by atoms with Crippen LogP contribution in [0.25, 0.3) is 21.9 Å². The number of nitrogens with zero attached hydrogens (tertiary/aromatic N) is 3. The van der Waals surface area contributed by atoms with Crippen LogP contribution in [0.2, 0.25) is 0 Å². The van der Waals surface area contributed by atoms with Gasteiger partial charge in [-0.1, -0.05) is 23.4 Å². The molecule has 1 aliphatic heterocycles. The number of carbonyl (C=O) groups is 1. The third kappa shape index (κ3) is 5.64. The number of piperidine rings is 1. The average Bonchev–Trinajstić information content (AvgIpc) is 3.35. The quantitative estimate of drug-likeness (QED) is 0.386. The summed E-state index contributed by atoms with van der Waals surface area (Å²) in [7, 11) is 0. The van der Waals surface area contributed by atoms with Gasteiger partial charge < -0.3 is 19.3 Å². The molecule has 1 fully saturated rings. The van der Waals surface area contributed by atoms with E-state index in [4.69, 9.17) is 4.52 Å². The van der Waals surface area contributed by atoms with Crippen LogP contribution < -0.4 is 10.9 Å². The number of benzene rings is 2. The molecule has 2 aromatic carbocycles. The molecule has 0 bridgehead atoms. The minimum absolute atomic E-state index is 0.0833. The molecule has 1 N–H and O–H groups in total. The zero-order chi connectivity index (χ0) is 25.8. The lowest BCUT2D eigenvalue weighted by atomic mass is 9.96. The fourth-order valence-corrected chi connectivity index (χ4v) is 5.03. The summed E-state index contributed by atoms with van der Waals surface area (Å²) in [5.74, 6) is 0.295. The molecule has 192 valence electrons. The third-order valence-electron chi connectivity index (χ3n) is 7.24. The van der Waals surface area contributed by atoms with E-state index in [2.05, 4.69) is 15.4 Å². The normalized spacial score (nSPS) is 14.8. The van der Waals surface area contributed by atoms with Gasteiger partial charge in [0.1, 0.15) is 12.9 Å². The van der Waals surface area contributed by atoms with Crippen LogP contribution in [-0.2, 0) is 6.54 Å². The van der Waals surface area contributed by atoms with Gasteiger partial charge in [-0.2, -0.15) is 0 Å². The molecule has 0 saturated carbocycles. The SMILES string of the molecule is Cc1nocc1-c1ccc2c(=O)n(Cc3cccc(C(=O)NCC4CCN(CCF)CC4)c3)ccc2c1. The highest BCUT2D eigenvalue weighted by Crippen LogP contribution is 2.25. The van der Waals surface area contributed by atoms with Crippen LogP contribution in [0.5, 0.6) is 0 Å². The number of alkyl halides is 1. The first kappa shape index (κ1) is 24.9. The summed E-state index contributed by atoms with van der Waals surface area (Å²) in [5.41, 5.74) is 4.03.